The average Bonchev–Trinajstić information content (AvgIpc) is 2.49. The quantitative estimate of drug-likeness (QED) is 0.715. The number of ether oxygens (including phenoxy) is 1. The minimum Gasteiger partial charge on any atom is -0.372 e. The van der Waals surface area contributed by atoms with E-state index < -0.39 is 21.5 Å². The Morgan fingerprint density at radius 3 is 2.19 bits per heavy atom. The summed E-state index contributed by atoms with van der Waals surface area (Å²) >= 11 is 0. The zero-order valence-corrected chi connectivity index (χ0v) is 17.8. The van der Waals surface area contributed by atoms with Crippen LogP contribution in [0.4, 0.5) is 0 Å². The second-order valence-corrected chi connectivity index (χ2v) is 9.70. The minimum absolute atomic E-state index is 0.0870. The maximum Gasteiger partial charge on any atom is 0.237 e. The highest BCUT2D eigenvalue weighted by Crippen LogP contribution is 2.25. The van der Waals surface area contributed by atoms with Gasteiger partial charge in [-0.2, -0.15) is 0 Å². The van der Waals surface area contributed by atoms with Crippen LogP contribution in [0.15, 0.2) is 6.07 Å². The summed E-state index contributed by atoms with van der Waals surface area (Å²) in [6.45, 7) is 11.5. The number of morpholine rings is 1. The van der Waals surface area contributed by atoms with E-state index in [2.05, 4.69) is 0 Å². The fourth-order valence-electron chi connectivity index (χ4n) is 3.92. The van der Waals surface area contributed by atoms with E-state index in [0.29, 0.717) is 29.8 Å². The normalized spacial score (nSPS) is 20.6. The van der Waals surface area contributed by atoms with Crippen molar-refractivity contribution in [2.45, 2.75) is 59.5 Å². The molecule has 0 aromatic heterocycles. The predicted octanol–water partition coefficient (Wildman–Crippen LogP) is 2.37. The van der Waals surface area contributed by atoms with Crippen LogP contribution in [0.3, 0.4) is 0 Å². The molecule has 0 aliphatic carbocycles. The van der Waals surface area contributed by atoms with Gasteiger partial charge in [0.1, 0.15) is 5.75 Å². The van der Waals surface area contributed by atoms with E-state index in [0.717, 1.165) is 11.1 Å². The van der Waals surface area contributed by atoms with Crippen molar-refractivity contribution in [1.82, 2.24) is 4.90 Å². The molecule has 0 spiro atoms. The number of aryl methyl sites for hydroxylation is 2. The van der Waals surface area contributed by atoms with Crippen LogP contribution in [0.5, 0.6) is 0 Å². The van der Waals surface area contributed by atoms with Gasteiger partial charge in [0.25, 0.3) is 0 Å². The minimum atomic E-state index is -3.66. The molecule has 1 saturated heterocycles. The molecule has 0 saturated carbocycles. The summed E-state index contributed by atoms with van der Waals surface area (Å²) < 4.78 is 31.0. The van der Waals surface area contributed by atoms with Gasteiger partial charge in [-0.3, -0.25) is 9.59 Å². The van der Waals surface area contributed by atoms with Gasteiger partial charge in [-0.05, 0) is 63.8 Å². The number of sulfone groups is 1. The standard InChI is InChI=1S/C20H29NO5S/c1-12-7-13(2)20(17(6)22)16(5)18(12)10-27(24,25)11-19(23)21-8-14(3)26-15(4)9-21/h7,14-15H,8-11H2,1-6H3. The summed E-state index contributed by atoms with van der Waals surface area (Å²) in [5, 5.41) is 0. The Morgan fingerprint density at radius 2 is 1.67 bits per heavy atom. The number of hydrogen-bond donors (Lipinski definition) is 0. The van der Waals surface area contributed by atoms with Gasteiger partial charge in [0.05, 0.1) is 18.0 Å². The Hall–Kier alpha value is -1.73. The Labute approximate surface area is 161 Å². The molecule has 1 fully saturated rings. The van der Waals surface area contributed by atoms with Crippen molar-refractivity contribution >= 4 is 21.5 Å². The molecule has 1 aliphatic heterocycles. The van der Waals surface area contributed by atoms with Gasteiger partial charge < -0.3 is 9.64 Å². The molecule has 1 amide bonds. The molecule has 1 aromatic carbocycles. The first kappa shape index (κ1) is 21.6. The lowest BCUT2D eigenvalue weighted by atomic mass is 9.92. The number of hydrogen-bond acceptors (Lipinski definition) is 5. The lowest BCUT2D eigenvalue weighted by molar-refractivity contribution is -0.140. The van der Waals surface area contributed by atoms with Crippen molar-refractivity contribution in [3.8, 4) is 0 Å². The molecule has 0 bridgehead atoms. The number of ketones is 1. The third kappa shape index (κ3) is 5.17. The second kappa shape index (κ2) is 8.10. The summed E-state index contributed by atoms with van der Waals surface area (Å²) in [5.41, 5.74) is 3.52. The maximum absolute atomic E-state index is 12.7. The molecule has 27 heavy (non-hydrogen) atoms. The van der Waals surface area contributed by atoms with Crippen molar-refractivity contribution < 1.29 is 22.7 Å². The van der Waals surface area contributed by atoms with Gasteiger partial charge in [0, 0.05) is 18.7 Å². The van der Waals surface area contributed by atoms with Gasteiger partial charge in [-0.15, -0.1) is 0 Å². The third-order valence-electron chi connectivity index (χ3n) is 4.96. The average molecular weight is 396 g/mol. The molecular weight excluding hydrogens is 366 g/mol. The van der Waals surface area contributed by atoms with E-state index in [9.17, 15) is 18.0 Å². The van der Waals surface area contributed by atoms with E-state index in [4.69, 9.17) is 4.74 Å². The van der Waals surface area contributed by atoms with Crippen LogP contribution >= 0.6 is 0 Å². The highest BCUT2D eigenvalue weighted by Gasteiger charge is 2.29. The lowest BCUT2D eigenvalue weighted by Gasteiger charge is -2.35. The third-order valence-corrected chi connectivity index (χ3v) is 6.38. The summed E-state index contributed by atoms with van der Waals surface area (Å²) in [5.74, 6) is -1.26. The Bertz CT molecular complexity index is 850. The molecule has 1 aliphatic rings. The smallest absolute Gasteiger partial charge is 0.237 e. The van der Waals surface area contributed by atoms with Crippen molar-refractivity contribution in [2.75, 3.05) is 18.8 Å². The second-order valence-electron chi connectivity index (χ2n) is 7.63. The first-order valence-electron chi connectivity index (χ1n) is 9.15. The molecule has 1 heterocycles. The SMILES string of the molecule is CC(=O)c1c(C)cc(C)c(CS(=O)(=O)CC(=O)N2CC(C)OC(C)C2)c1C. The van der Waals surface area contributed by atoms with Gasteiger partial charge in [-0.25, -0.2) is 8.42 Å². The summed E-state index contributed by atoms with van der Waals surface area (Å²) in [4.78, 5) is 26.0. The zero-order valence-electron chi connectivity index (χ0n) is 17.0. The Morgan fingerprint density at radius 1 is 1.11 bits per heavy atom. The van der Waals surface area contributed by atoms with Crippen LogP contribution in [0.25, 0.3) is 0 Å². The van der Waals surface area contributed by atoms with E-state index in [-0.39, 0.29) is 23.7 Å². The number of Topliss-reactive ketones (excluding diaryl/α,β-unsaturated/α-hetero) is 1. The zero-order chi connectivity index (χ0) is 20.5. The van der Waals surface area contributed by atoms with Gasteiger partial charge in [0.15, 0.2) is 15.6 Å². The topological polar surface area (TPSA) is 80.8 Å². The first-order valence-corrected chi connectivity index (χ1v) is 11.0. The summed E-state index contributed by atoms with van der Waals surface area (Å²) in [6, 6.07) is 1.84. The van der Waals surface area contributed by atoms with Crippen LogP contribution in [0.2, 0.25) is 0 Å². The van der Waals surface area contributed by atoms with Crippen LogP contribution in [-0.4, -0.2) is 56.1 Å². The molecule has 2 unspecified atom stereocenters. The molecule has 0 radical (unpaired) electrons. The number of amides is 1. The van der Waals surface area contributed by atoms with Crippen molar-refractivity contribution in [3.05, 3.63) is 33.9 Å². The number of carbonyl (C=O) groups excluding carboxylic acids is 2. The number of nitrogens with zero attached hydrogens (tertiary/aromatic N) is 1. The number of rotatable bonds is 5. The van der Waals surface area contributed by atoms with E-state index in [1.54, 1.807) is 11.8 Å². The lowest BCUT2D eigenvalue weighted by Crippen LogP contribution is -2.49. The summed E-state index contributed by atoms with van der Waals surface area (Å²) in [7, 11) is -3.66. The van der Waals surface area contributed by atoms with Crippen LogP contribution in [0, 0.1) is 20.8 Å². The molecular formula is C20H29NO5S. The predicted molar refractivity (Wildman–Crippen MR) is 105 cm³/mol. The van der Waals surface area contributed by atoms with Gasteiger partial charge >= 0.3 is 0 Å². The largest absolute Gasteiger partial charge is 0.372 e. The van der Waals surface area contributed by atoms with Crippen molar-refractivity contribution in [1.29, 1.82) is 0 Å². The van der Waals surface area contributed by atoms with Gasteiger partial charge in [-0.1, -0.05) is 6.07 Å². The van der Waals surface area contributed by atoms with E-state index in [1.165, 1.54) is 6.92 Å². The van der Waals surface area contributed by atoms with Crippen molar-refractivity contribution in [2.24, 2.45) is 0 Å². The fraction of sp³-hybridized carbons (Fsp3) is 0.600. The Kier molecular flexibility index (Phi) is 6.47. The molecule has 2 rings (SSSR count). The molecule has 0 N–H and O–H groups in total. The highest BCUT2D eigenvalue weighted by molar-refractivity contribution is 7.91. The molecule has 1 aromatic rings. The Balaban J connectivity index is 2.23. The highest BCUT2D eigenvalue weighted by atomic mass is 32.2. The van der Waals surface area contributed by atoms with E-state index in [1.807, 2.05) is 33.8 Å². The molecule has 6 nitrogen and oxygen atoms in total. The molecule has 2 atom stereocenters. The van der Waals surface area contributed by atoms with Crippen molar-refractivity contribution in [3.63, 3.8) is 0 Å². The first-order chi connectivity index (χ1) is 12.4. The maximum atomic E-state index is 12.7. The summed E-state index contributed by atoms with van der Waals surface area (Å²) in [6.07, 6.45) is -0.222. The van der Waals surface area contributed by atoms with E-state index >= 15 is 0 Å². The van der Waals surface area contributed by atoms with Crippen LogP contribution < -0.4 is 0 Å². The number of benzene rings is 1. The van der Waals surface area contributed by atoms with Gasteiger partial charge in [0.2, 0.25) is 5.91 Å². The fourth-order valence-corrected chi connectivity index (χ4v) is 5.47. The van der Waals surface area contributed by atoms with Crippen LogP contribution in [0.1, 0.15) is 53.4 Å². The number of carbonyl (C=O) groups is 2. The van der Waals surface area contributed by atoms with Crippen LogP contribution in [-0.2, 0) is 25.1 Å². The monoisotopic (exact) mass is 395 g/mol. The molecule has 7 heteroatoms. The molecule has 150 valence electrons.